The Morgan fingerprint density at radius 1 is 0.800 bits per heavy atom. The summed E-state index contributed by atoms with van der Waals surface area (Å²) in [5.41, 5.74) is 1.72. The molecule has 0 saturated heterocycles. The highest BCUT2D eigenvalue weighted by molar-refractivity contribution is 5.07. The number of hydrogen-bond donors (Lipinski definition) is 0. The Balaban J connectivity index is 4.65. The Hall–Kier alpha value is -0.260. The third-order valence-electron chi connectivity index (χ3n) is 6.88. The van der Waals surface area contributed by atoms with Gasteiger partial charge >= 0.3 is 0 Å². The Kier molecular flexibility index (Phi) is 13.7. The smallest absolute Gasteiger partial charge is 0.0203 e. The van der Waals surface area contributed by atoms with Crippen LogP contribution in [0.5, 0.6) is 0 Å². The second-order valence-electron chi connectivity index (χ2n) is 9.25. The molecule has 0 aromatic carbocycles. The van der Waals surface area contributed by atoms with E-state index in [4.69, 9.17) is 0 Å². The van der Waals surface area contributed by atoms with E-state index in [0.717, 1.165) is 35.5 Å². The molecule has 0 aliphatic rings. The van der Waals surface area contributed by atoms with Crippen molar-refractivity contribution in [2.45, 2.75) is 114 Å². The predicted molar refractivity (Wildman–Crippen MR) is 117 cm³/mol. The summed E-state index contributed by atoms with van der Waals surface area (Å²) in [6, 6.07) is 0. The number of rotatable bonds is 14. The van der Waals surface area contributed by atoms with E-state index in [1.54, 1.807) is 5.57 Å². The van der Waals surface area contributed by atoms with E-state index in [2.05, 4.69) is 68.4 Å². The quantitative estimate of drug-likeness (QED) is 0.274. The lowest BCUT2D eigenvalue weighted by Gasteiger charge is -2.28. The first-order chi connectivity index (χ1) is 11.8. The van der Waals surface area contributed by atoms with Gasteiger partial charge in [0.2, 0.25) is 0 Å². The minimum Gasteiger partial charge on any atom is -0.0848 e. The molecule has 0 heterocycles. The van der Waals surface area contributed by atoms with Gasteiger partial charge in [0, 0.05) is 0 Å². The number of hydrogen-bond acceptors (Lipinski definition) is 0. The van der Waals surface area contributed by atoms with E-state index in [1.165, 1.54) is 51.4 Å². The molecule has 25 heavy (non-hydrogen) atoms. The van der Waals surface area contributed by atoms with Gasteiger partial charge in [-0.2, -0.15) is 0 Å². The standard InChI is InChI=1S/C25H50/c1-10-14-25(23(9)24(12-3)18-17-19(4)5)16-13-15-21(7)22(8)20(6)11-2/h18-23,25H,10-17H2,1-9H3. The molecular weight excluding hydrogens is 300 g/mol. The Morgan fingerprint density at radius 3 is 1.92 bits per heavy atom. The Bertz CT molecular complexity index is 338. The van der Waals surface area contributed by atoms with E-state index in [1.807, 2.05) is 0 Å². The highest BCUT2D eigenvalue weighted by Crippen LogP contribution is 2.33. The molecule has 0 amide bonds. The molecule has 0 aliphatic heterocycles. The van der Waals surface area contributed by atoms with Crippen LogP contribution in [0.15, 0.2) is 11.6 Å². The summed E-state index contributed by atoms with van der Waals surface area (Å²) in [6.07, 6.45) is 13.3. The van der Waals surface area contributed by atoms with Gasteiger partial charge in [0.25, 0.3) is 0 Å². The monoisotopic (exact) mass is 350 g/mol. The van der Waals surface area contributed by atoms with Gasteiger partial charge in [-0.25, -0.2) is 0 Å². The lowest BCUT2D eigenvalue weighted by Crippen LogP contribution is -2.18. The van der Waals surface area contributed by atoms with Crippen molar-refractivity contribution in [2.24, 2.45) is 35.5 Å². The van der Waals surface area contributed by atoms with Crippen molar-refractivity contribution in [3.05, 3.63) is 11.6 Å². The average molecular weight is 351 g/mol. The first-order valence-corrected chi connectivity index (χ1v) is 11.5. The molecule has 0 fully saturated rings. The van der Waals surface area contributed by atoms with Gasteiger partial charge in [0.1, 0.15) is 0 Å². The third-order valence-corrected chi connectivity index (χ3v) is 6.88. The van der Waals surface area contributed by atoms with Crippen LogP contribution >= 0.6 is 0 Å². The lowest BCUT2D eigenvalue weighted by atomic mass is 9.77. The average Bonchev–Trinajstić information content (AvgIpc) is 2.59. The van der Waals surface area contributed by atoms with Gasteiger partial charge < -0.3 is 0 Å². The summed E-state index contributed by atoms with van der Waals surface area (Å²) in [4.78, 5) is 0. The van der Waals surface area contributed by atoms with E-state index in [0.29, 0.717) is 0 Å². The van der Waals surface area contributed by atoms with E-state index in [-0.39, 0.29) is 0 Å². The van der Waals surface area contributed by atoms with Crippen molar-refractivity contribution < 1.29 is 0 Å². The summed E-state index contributed by atoms with van der Waals surface area (Å²) in [6.45, 7) is 21.6. The van der Waals surface area contributed by atoms with Gasteiger partial charge in [-0.1, -0.05) is 106 Å². The number of allylic oxidation sites excluding steroid dienone is 2. The Morgan fingerprint density at radius 2 is 1.44 bits per heavy atom. The maximum absolute atomic E-state index is 2.56. The van der Waals surface area contributed by atoms with Crippen LogP contribution in [0.4, 0.5) is 0 Å². The van der Waals surface area contributed by atoms with Crippen molar-refractivity contribution >= 4 is 0 Å². The Labute approximate surface area is 161 Å². The zero-order valence-electron chi connectivity index (χ0n) is 19.2. The fourth-order valence-corrected chi connectivity index (χ4v) is 4.25. The molecule has 0 rings (SSSR count). The molecule has 0 heteroatoms. The molecule has 5 unspecified atom stereocenters. The van der Waals surface area contributed by atoms with Crippen LogP contribution in [-0.4, -0.2) is 0 Å². The summed E-state index contributed by atoms with van der Waals surface area (Å²) in [7, 11) is 0. The molecular formula is C25H50. The van der Waals surface area contributed by atoms with Crippen molar-refractivity contribution in [3.8, 4) is 0 Å². The molecule has 0 bridgehead atoms. The molecule has 150 valence electrons. The van der Waals surface area contributed by atoms with Crippen LogP contribution in [0.3, 0.4) is 0 Å². The fourth-order valence-electron chi connectivity index (χ4n) is 4.25. The molecule has 0 saturated carbocycles. The largest absolute Gasteiger partial charge is 0.0848 e. The van der Waals surface area contributed by atoms with Crippen LogP contribution in [0.1, 0.15) is 114 Å². The maximum Gasteiger partial charge on any atom is -0.0203 e. The van der Waals surface area contributed by atoms with E-state index >= 15 is 0 Å². The zero-order valence-corrected chi connectivity index (χ0v) is 19.2. The van der Waals surface area contributed by atoms with Crippen molar-refractivity contribution in [1.82, 2.24) is 0 Å². The van der Waals surface area contributed by atoms with Crippen LogP contribution in [0.25, 0.3) is 0 Å². The van der Waals surface area contributed by atoms with Crippen molar-refractivity contribution in [2.75, 3.05) is 0 Å². The van der Waals surface area contributed by atoms with E-state index in [9.17, 15) is 0 Å². The molecule has 0 aliphatic carbocycles. The maximum atomic E-state index is 2.56. The first-order valence-electron chi connectivity index (χ1n) is 11.5. The van der Waals surface area contributed by atoms with E-state index < -0.39 is 0 Å². The summed E-state index contributed by atoms with van der Waals surface area (Å²) < 4.78 is 0. The minimum absolute atomic E-state index is 0.769. The molecule has 5 atom stereocenters. The molecule has 0 nitrogen and oxygen atoms in total. The van der Waals surface area contributed by atoms with Gasteiger partial charge in [0.05, 0.1) is 0 Å². The van der Waals surface area contributed by atoms with Gasteiger partial charge in [-0.3, -0.25) is 0 Å². The van der Waals surface area contributed by atoms with Crippen LogP contribution in [0.2, 0.25) is 0 Å². The third kappa shape index (κ3) is 9.86. The van der Waals surface area contributed by atoms with Gasteiger partial charge in [0.15, 0.2) is 0 Å². The zero-order chi connectivity index (χ0) is 19.4. The van der Waals surface area contributed by atoms with Crippen LogP contribution in [0, 0.1) is 35.5 Å². The molecule has 0 radical (unpaired) electrons. The van der Waals surface area contributed by atoms with Crippen molar-refractivity contribution in [3.63, 3.8) is 0 Å². The normalized spacial score (nSPS) is 18.9. The van der Waals surface area contributed by atoms with Crippen LogP contribution < -0.4 is 0 Å². The topological polar surface area (TPSA) is 0 Å². The molecule has 0 aromatic heterocycles. The minimum atomic E-state index is 0.769. The summed E-state index contributed by atoms with van der Waals surface area (Å²) in [5, 5.41) is 0. The lowest BCUT2D eigenvalue weighted by molar-refractivity contribution is 0.243. The summed E-state index contributed by atoms with van der Waals surface area (Å²) >= 11 is 0. The molecule has 0 spiro atoms. The van der Waals surface area contributed by atoms with Gasteiger partial charge in [-0.05, 0) is 54.8 Å². The SMILES string of the molecule is CCCC(CCCC(C)C(C)C(C)CC)C(C)C(=CCC(C)C)CC. The molecule has 0 N–H and O–H groups in total. The summed E-state index contributed by atoms with van der Waals surface area (Å²) in [5.74, 6) is 5.03. The highest BCUT2D eigenvalue weighted by Gasteiger charge is 2.21. The second kappa shape index (κ2) is 13.9. The van der Waals surface area contributed by atoms with Crippen molar-refractivity contribution in [1.29, 1.82) is 0 Å². The first kappa shape index (κ1) is 24.7. The van der Waals surface area contributed by atoms with Gasteiger partial charge in [-0.15, -0.1) is 0 Å². The van der Waals surface area contributed by atoms with Crippen LogP contribution in [-0.2, 0) is 0 Å². The highest BCUT2D eigenvalue weighted by atomic mass is 14.3. The second-order valence-corrected chi connectivity index (χ2v) is 9.25. The fraction of sp³-hybridized carbons (Fsp3) is 0.920. The predicted octanol–water partition coefficient (Wildman–Crippen LogP) is 8.91. The molecule has 0 aromatic rings.